The molecular formula is C24H22N4O3S2. The summed E-state index contributed by atoms with van der Waals surface area (Å²) in [5, 5.41) is 3.79. The van der Waals surface area contributed by atoms with Gasteiger partial charge in [0, 0.05) is 5.56 Å². The van der Waals surface area contributed by atoms with Gasteiger partial charge >= 0.3 is 5.97 Å². The standard InChI is InChI=1S/C24H22N4O3S2/c1-3-19(32-21-13-18(25-14-26-21)15-8-6-5-7-9-15)22(29)28-24-27-17-11-10-16(12-20(17)33-24)23(30)31-4-2/h5-14,19H,3-4H2,1-2H3,(H,27,28,29). The fourth-order valence-electron chi connectivity index (χ4n) is 3.14. The number of carbonyl (C=O) groups excluding carboxylic acids is 2. The number of aromatic nitrogens is 3. The van der Waals surface area contributed by atoms with E-state index in [1.807, 2.05) is 43.3 Å². The van der Waals surface area contributed by atoms with Crippen molar-refractivity contribution in [1.29, 1.82) is 0 Å². The number of rotatable bonds is 8. The Hall–Kier alpha value is -3.30. The highest BCUT2D eigenvalue weighted by molar-refractivity contribution is 8.00. The summed E-state index contributed by atoms with van der Waals surface area (Å²) in [5.74, 6) is -0.521. The topological polar surface area (TPSA) is 94.1 Å². The zero-order chi connectivity index (χ0) is 23.2. The Labute approximate surface area is 199 Å². The van der Waals surface area contributed by atoms with Crippen LogP contribution in [0.25, 0.3) is 21.5 Å². The number of carbonyl (C=O) groups is 2. The molecule has 1 atom stereocenters. The maximum absolute atomic E-state index is 13.0. The number of nitrogens with zero attached hydrogens (tertiary/aromatic N) is 3. The second-order valence-corrected chi connectivity index (χ2v) is 9.29. The van der Waals surface area contributed by atoms with Crippen molar-refractivity contribution in [2.45, 2.75) is 30.5 Å². The summed E-state index contributed by atoms with van der Waals surface area (Å²) >= 11 is 2.72. The molecule has 4 rings (SSSR count). The summed E-state index contributed by atoms with van der Waals surface area (Å²) in [6.45, 7) is 4.04. The quantitative estimate of drug-likeness (QED) is 0.205. The molecule has 168 valence electrons. The molecule has 0 bridgehead atoms. The lowest BCUT2D eigenvalue weighted by atomic mass is 10.1. The van der Waals surface area contributed by atoms with Gasteiger partial charge in [-0.05, 0) is 37.6 Å². The Kier molecular flexibility index (Phi) is 7.31. The summed E-state index contributed by atoms with van der Waals surface area (Å²) in [7, 11) is 0. The average molecular weight is 479 g/mol. The lowest BCUT2D eigenvalue weighted by Gasteiger charge is -2.13. The van der Waals surface area contributed by atoms with Crippen LogP contribution in [0.1, 0.15) is 30.6 Å². The Bertz CT molecular complexity index is 1280. The summed E-state index contributed by atoms with van der Waals surface area (Å²) in [5.41, 5.74) is 2.99. The van der Waals surface area contributed by atoms with Crippen molar-refractivity contribution >= 4 is 50.3 Å². The Morgan fingerprint density at radius 1 is 1.09 bits per heavy atom. The van der Waals surface area contributed by atoms with Gasteiger partial charge in [-0.3, -0.25) is 4.79 Å². The number of thioether (sulfide) groups is 1. The van der Waals surface area contributed by atoms with Crippen molar-refractivity contribution in [2.75, 3.05) is 11.9 Å². The monoisotopic (exact) mass is 478 g/mol. The molecule has 9 heteroatoms. The minimum atomic E-state index is -0.374. The maximum atomic E-state index is 13.0. The largest absolute Gasteiger partial charge is 0.462 e. The van der Waals surface area contributed by atoms with Crippen molar-refractivity contribution in [3.63, 3.8) is 0 Å². The van der Waals surface area contributed by atoms with Crippen LogP contribution >= 0.6 is 23.1 Å². The number of esters is 1. The van der Waals surface area contributed by atoms with E-state index in [0.717, 1.165) is 21.0 Å². The Morgan fingerprint density at radius 2 is 1.91 bits per heavy atom. The minimum absolute atomic E-state index is 0.146. The van der Waals surface area contributed by atoms with Gasteiger partial charge in [0.2, 0.25) is 5.91 Å². The van der Waals surface area contributed by atoms with Gasteiger partial charge in [0.1, 0.15) is 11.4 Å². The van der Waals surface area contributed by atoms with E-state index in [9.17, 15) is 9.59 Å². The third kappa shape index (κ3) is 5.55. The van der Waals surface area contributed by atoms with E-state index in [-0.39, 0.29) is 17.1 Å². The molecular weight excluding hydrogens is 456 g/mol. The van der Waals surface area contributed by atoms with Crippen molar-refractivity contribution < 1.29 is 14.3 Å². The smallest absolute Gasteiger partial charge is 0.338 e. The van der Waals surface area contributed by atoms with Crippen LogP contribution in [0.5, 0.6) is 0 Å². The molecule has 4 aromatic rings. The first-order chi connectivity index (χ1) is 16.1. The van der Waals surface area contributed by atoms with Gasteiger partial charge in [-0.1, -0.05) is 60.4 Å². The first-order valence-electron chi connectivity index (χ1n) is 10.5. The maximum Gasteiger partial charge on any atom is 0.338 e. The zero-order valence-electron chi connectivity index (χ0n) is 18.1. The van der Waals surface area contributed by atoms with Crippen molar-refractivity contribution in [2.24, 2.45) is 0 Å². The molecule has 0 fully saturated rings. The number of anilines is 1. The first-order valence-corrected chi connectivity index (χ1v) is 12.2. The molecule has 2 heterocycles. The Morgan fingerprint density at radius 3 is 2.67 bits per heavy atom. The highest BCUT2D eigenvalue weighted by Gasteiger charge is 2.21. The van der Waals surface area contributed by atoms with Gasteiger partial charge < -0.3 is 10.1 Å². The number of benzene rings is 2. The highest BCUT2D eigenvalue weighted by atomic mass is 32.2. The highest BCUT2D eigenvalue weighted by Crippen LogP contribution is 2.30. The fraction of sp³-hybridized carbons (Fsp3) is 0.208. The summed E-state index contributed by atoms with van der Waals surface area (Å²) in [4.78, 5) is 38.1. The van der Waals surface area contributed by atoms with Crippen molar-refractivity contribution in [3.8, 4) is 11.3 Å². The van der Waals surface area contributed by atoms with Gasteiger partial charge in [-0.2, -0.15) is 0 Å². The van der Waals surface area contributed by atoms with E-state index in [4.69, 9.17) is 4.74 Å². The summed E-state index contributed by atoms with van der Waals surface area (Å²) < 4.78 is 5.86. The van der Waals surface area contributed by atoms with E-state index in [1.54, 1.807) is 25.1 Å². The van der Waals surface area contributed by atoms with Crippen LogP contribution in [0.3, 0.4) is 0 Å². The molecule has 1 N–H and O–H groups in total. The molecule has 7 nitrogen and oxygen atoms in total. The third-order valence-electron chi connectivity index (χ3n) is 4.77. The van der Waals surface area contributed by atoms with Gasteiger partial charge in [-0.15, -0.1) is 0 Å². The average Bonchev–Trinajstić information content (AvgIpc) is 3.24. The number of ether oxygens (including phenoxy) is 1. The number of thiazole rings is 1. The normalized spacial score (nSPS) is 11.8. The van der Waals surface area contributed by atoms with Crippen LogP contribution in [-0.4, -0.2) is 38.7 Å². The van der Waals surface area contributed by atoms with E-state index in [2.05, 4.69) is 20.3 Å². The summed E-state index contributed by atoms with van der Waals surface area (Å²) in [6, 6.07) is 16.9. The predicted molar refractivity (Wildman–Crippen MR) is 132 cm³/mol. The molecule has 1 amide bonds. The van der Waals surface area contributed by atoms with E-state index in [0.29, 0.717) is 29.2 Å². The second kappa shape index (κ2) is 10.5. The molecule has 0 saturated heterocycles. The van der Waals surface area contributed by atoms with Gasteiger partial charge in [-0.25, -0.2) is 19.7 Å². The number of fused-ring (bicyclic) bond motifs is 1. The van der Waals surface area contributed by atoms with Gasteiger partial charge in [0.25, 0.3) is 0 Å². The lowest BCUT2D eigenvalue weighted by molar-refractivity contribution is -0.115. The molecule has 0 radical (unpaired) electrons. The molecule has 0 saturated carbocycles. The molecule has 0 spiro atoms. The number of hydrogen-bond acceptors (Lipinski definition) is 8. The minimum Gasteiger partial charge on any atom is -0.462 e. The summed E-state index contributed by atoms with van der Waals surface area (Å²) in [6.07, 6.45) is 2.14. The number of nitrogens with one attached hydrogen (secondary N) is 1. The van der Waals surface area contributed by atoms with E-state index >= 15 is 0 Å². The lowest BCUT2D eigenvalue weighted by Crippen LogP contribution is -2.24. The van der Waals surface area contributed by atoms with Crippen molar-refractivity contribution in [3.05, 3.63) is 66.5 Å². The van der Waals surface area contributed by atoms with Gasteiger partial charge in [0.05, 0.1) is 33.3 Å². The van der Waals surface area contributed by atoms with Crippen LogP contribution in [0, 0.1) is 0 Å². The van der Waals surface area contributed by atoms with Crippen LogP contribution in [0.4, 0.5) is 5.13 Å². The van der Waals surface area contributed by atoms with Crippen LogP contribution in [-0.2, 0) is 9.53 Å². The van der Waals surface area contributed by atoms with Crippen LogP contribution < -0.4 is 5.32 Å². The molecule has 0 aliphatic carbocycles. The number of hydrogen-bond donors (Lipinski definition) is 1. The molecule has 33 heavy (non-hydrogen) atoms. The molecule has 2 aromatic heterocycles. The SMILES string of the molecule is CCOC(=O)c1ccc2nc(NC(=O)C(CC)Sc3cc(-c4ccccc4)ncn3)sc2c1. The van der Waals surface area contributed by atoms with Crippen molar-refractivity contribution in [1.82, 2.24) is 15.0 Å². The third-order valence-corrected chi connectivity index (χ3v) is 7.00. The van der Waals surface area contributed by atoms with Crippen LogP contribution in [0.15, 0.2) is 66.0 Å². The number of amides is 1. The van der Waals surface area contributed by atoms with E-state index in [1.165, 1.54) is 29.4 Å². The predicted octanol–water partition coefficient (Wildman–Crippen LogP) is 5.44. The molecule has 1 unspecified atom stereocenters. The Balaban J connectivity index is 1.47. The first kappa shape index (κ1) is 22.9. The van der Waals surface area contributed by atoms with E-state index < -0.39 is 0 Å². The molecule has 0 aliphatic heterocycles. The van der Waals surface area contributed by atoms with Gasteiger partial charge in [0.15, 0.2) is 5.13 Å². The fourth-order valence-corrected chi connectivity index (χ4v) is 4.96. The molecule has 2 aromatic carbocycles. The second-order valence-electron chi connectivity index (χ2n) is 7.03. The zero-order valence-corrected chi connectivity index (χ0v) is 19.8. The molecule has 0 aliphatic rings. The van der Waals surface area contributed by atoms with Crippen LogP contribution in [0.2, 0.25) is 0 Å².